The van der Waals surface area contributed by atoms with Gasteiger partial charge in [-0.1, -0.05) is 46.6 Å². The lowest BCUT2D eigenvalue weighted by molar-refractivity contribution is -0.0166. The number of aliphatic hydroxyl groups is 1. The second-order valence-corrected chi connectivity index (χ2v) is 6.61. The molecule has 1 unspecified atom stereocenters. The Balaban J connectivity index is 5.16. The van der Waals surface area contributed by atoms with E-state index < -0.39 is 0 Å². The Morgan fingerprint density at radius 2 is 1.58 bits per heavy atom. The predicted octanol–water partition coefficient (Wildman–Crippen LogP) is 4.43. The van der Waals surface area contributed by atoms with Gasteiger partial charge in [-0.2, -0.15) is 0 Å². The van der Waals surface area contributed by atoms with Crippen LogP contribution in [0.15, 0.2) is 11.1 Å². The lowest BCUT2D eigenvalue weighted by Gasteiger charge is -2.40. The van der Waals surface area contributed by atoms with E-state index in [0.717, 1.165) is 6.42 Å². The van der Waals surface area contributed by atoms with Crippen molar-refractivity contribution in [2.75, 3.05) is 7.11 Å². The summed E-state index contributed by atoms with van der Waals surface area (Å²) >= 11 is 0. The minimum Gasteiger partial charge on any atom is -0.392 e. The summed E-state index contributed by atoms with van der Waals surface area (Å²) < 4.78 is 5.38. The molecule has 1 N–H and O–H groups in total. The fourth-order valence-electron chi connectivity index (χ4n) is 2.56. The number of rotatable bonds is 7. The average molecular weight is 270 g/mol. The quantitative estimate of drug-likeness (QED) is 0.694. The van der Waals surface area contributed by atoms with Crippen LogP contribution in [0.5, 0.6) is 0 Å². The van der Waals surface area contributed by atoms with Crippen LogP contribution in [0.1, 0.15) is 61.8 Å². The molecule has 0 radical (unpaired) electrons. The summed E-state index contributed by atoms with van der Waals surface area (Å²) in [6, 6.07) is 0. The molecule has 0 aromatic heterocycles. The van der Waals surface area contributed by atoms with Crippen molar-refractivity contribution >= 4 is 0 Å². The molecule has 19 heavy (non-hydrogen) atoms. The van der Waals surface area contributed by atoms with Gasteiger partial charge in [0.15, 0.2) is 0 Å². The van der Waals surface area contributed by atoms with Crippen LogP contribution in [0.2, 0.25) is 0 Å². The highest BCUT2D eigenvalue weighted by atomic mass is 16.5. The lowest BCUT2D eigenvalue weighted by Crippen LogP contribution is -2.40. The normalized spacial score (nSPS) is 20.5. The van der Waals surface area contributed by atoms with Crippen molar-refractivity contribution in [3.05, 3.63) is 11.1 Å². The average Bonchev–Trinajstić information content (AvgIpc) is 2.41. The van der Waals surface area contributed by atoms with E-state index in [-0.39, 0.29) is 23.5 Å². The Labute approximate surface area is 120 Å². The van der Waals surface area contributed by atoms with Crippen molar-refractivity contribution in [3.63, 3.8) is 0 Å². The van der Waals surface area contributed by atoms with Crippen LogP contribution in [0.25, 0.3) is 0 Å². The van der Waals surface area contributed by atoms with Crippen molar-refractivity contribution in [2.45, 2.75) is 74.0 Å². The van der Waals surface area contributed by atoms with Gasteiger partial charge in [-0.15, -0.1) is 0 Å². The minimum atomic E-state index is -0.332. The molecule has 4 atom stereocenters. The summed E-state index contributed by atoms with van der Waals surface area (Å²) in [6.07, 6.45) is 0.871. The van der Waals surface area contributed by atoms with Crippen LogP contribution in [0.3, 0.4) is 0 Å². The first-order valence-electron chi connectivity index (χ1n) is 7.49. The Morgan fingerprint density at radius 3 is 1.95 bits per heavy atom. The third-order valence-electron chi connectivity index (χ3n) is 5.39. The van der Waals surface area contributed by atoms with Crippen LogP contribution in [-0.4, -0.2) is 24.4 Å². The fraction of sp³-hybridized carbons (Fsp3) is 0.882. The molecule has 0 aromatic rings. The van der Waals surface area contributed by atoms with Crippen LogP contribution in [0.4, 0.5) is 0 Å². The molecular formula is C17H34O2. The monoisotopic (exact) mass is 270 g/mol. The molecule has 0 saturated heterocycles. The number of hydrogen-bond acceptors (Lipinski definition) is 2. The summed E-state index contributed by atoms with van der Waals surface area (Å²) in [5.74, 6) is 0.652. The van der Waals surface area contributed by atoms with Gasteiger partial charge >= 0.3 is 0 Å². The molecule has 2 heteroatoms. The van der Waals surface area contributed by atoms with Crippen molar-refractivity contribution in [1.29, 1.82) is 0 Å². The minimum absolute atomic E-state index is 0.0774. The molecule has 0 fully saturated rings. The van der Waals surface area contributed by atoms with Crippen LogP contribution >= 0.6 is 0 Å². The zero-order chi connectivity index (χ0) is 15.4. The molecule has 0 aromatic carbocycles. The summed E-state index contributed by atoms with van der Waals surface area (Å²) in [5.41, 5.74) is 2.40. The molecule has 114 valence electrons. The SMILES string of the molecule is CC[C@H](C)C(C)(C)[C@@H](O)[C@@H](C)/C(C)=C(\C)C(C)OC. The van der Waals surface area contributed by atoms with Crippen LogP contribution in [-0.2, 0) is 4.74 Å². The number of ether oxygens (including phenoxy) is 1. The molecule has 0 aliphatic rings. The zero-order valence-electron chi connectivity index (χ0n) is 14.4. The van der Waals surface area contributed by atoms with E-state index in [9.17, 15) is 5.11 Å². The molecule has 0 aliphatic heterocycles. The number of aliphatic hydroxyl groups excluding tert-OH is 1. The molecule has 0 rings (SSSR count). The van der Waals surface area contributed by atoms with Gasteiger partial charge in [0.1, 0.15) is 0 Å². The molecular weight excluding hydrogens is 236 g/mol. The van der Waals surface area contributed by atoms with E-state index in [0.29, 0.717) is 5.92 Å². The third-order valence-corrected chi connectivity index (χ3v) is 5.39. The van der Waals surface area contributed by atoms with E-state index in [1.54, 1.807) is 7.11 Å². The van der Waals surface area contributed by atoms with Gasteiger partial charge in [0, 0.05) is 13.0 Å². The summed E-state index contributed by atoms with van der Waals surface area (Å²) in [7, 11) is 1.73. The topological polar surface area (TPSA) is 29.5 Å². The van der Waals surface area contributed by atoms with Gasteiger partial charge in [-0.25, -0.2) is 0 Å². The second kappa shape index (κ2) is 7.44. The highest BCUT2D eigenvalue weighted by Crippen LogP contribution is 2.38. The fourth-order valence-corrected chi connectivity index (χ4v) is 2.56. The lowest BCUT2D eigenvalue weighted by atomic mass is 9.69. The van der Waals surface area contributed by atoms with Gasteiger partial charge in [-0.3, -0.25) is 0 Å². The maximum absolute atomic E-state index is 10.7. The smallest absolute Gasteiger partial charge is 0.0753 e. The zero-order valence-corrected chi connectivity index (χ0v) is 14.4. The van der Waals surface area contributed by atoms with Crippen LogP contribution in [0, 0.1) is 17.3 Å². The van der Waals surface area contributed by atoms with Crippen molar-refractivity contribution in [3.8, 4) is 0 Å². The van der Waals surface area contributed by atoms with Crippen molar-refractivity contribution in [1.82, 2.24) is 0 Å². The Hall–Kier alpha value is -0.340. The van der Waals surface area contributed by atoms with Gasteiger partial charge in [0.05, 0.1) is 12.2 Å². The first kappa shape index (κ1) is 18.7. The van der Waals surface area contributed by atoms with E-state index in [2.05, 4.69) is 55.4 Å². The molecule has 0 amide bonds. The molecule has 0 spiro atoms. The largest absolute Gasteiger partial charge is 0.392 e. The van der Waals surface area contributed by atoms with Crippen LogP contribution < -0.4 is 0 Å². The molecule has 0 saturated carbocycles. The first-order chi connectivity index (χ1) is 8.61. The highest BCUT2D eigenvalue weighted by Gasteiger charge is 2.36. The second-order valence-electron chi connectivity index (χ2n) is 6.61. The predicted molar refractivity (Wildman–Crippen MR) is 83.3 cm³/mol. The first-order valence-corrected chi connectivity index (χ1v) is 7.49. The number of hydrogen-bond donors (Lipinski definition) is 1. The number of methoxy groups -OCH3 is 1. The van der Waals surface area contributed by atoms with E-state index in [4.69, 9.17) is 4.74 Å². The van der Waals surface area contributed by atoms with E-state index >= 15 is 0 Å². The Morgan fingerprint density at radius 1 is 1.11 bits per heavy atom. The molecule has 0 aliphatic carbocycles. The van der Waals surface area contributed by atoms with Gasteiger partial charge < -0.3 is 9.84 Å². The summed E-state index contributed by atoms with van der Waals surface area (Å²) in [4.78, 5) is 0. The van der Waals surface area contributed by atoms with Gasteiger partial charge in [-0.05, 0) is 37.7 Å². The third kappa shape index (κ3) is 4.32. The molecule has 0 bridgehead atoms. The van der Waals surface area contributed by atoms with Gasteiger partial charge in [0.2, 0.25) is 0 Å². The summed E-state index contributed by atoms with van der Waals surface area (Å²) in [5, 5.41) is 10.7. The Bertz CT molecular complexity index is 304. The van der Waals surface area contributed by atoms with Gasteiger partial charge in [0.25, 0.3) is 0 Å². The maximum atomic E-state index is 10.7. The van der Waals surface area contributed by atoms with E-state index in [1.807, 2.05) is 0 Å². The summed E-state index contributed by atoms with van der Waals surface area (Å²) in [6.45, 7) is 17.1. The standard InChI is InChI=1S/C17H34O2/c1-10-11(2)17(7,8)16(18)14(5)12(3)13(4)15(6)19-9/h11,14-16,18H,10H2,1-9H3/b13-12+/t11-,14-,15?,16-/m0/s1. The highest BCUT2D eigenvalue weighted by molar-refractivity contribution is 5.18. The molecule has 2 nitrogen and oxygen atoms in total. The van der Waals surface area contributed by atoms with Crippen molar-refractivity contribution < 1.29 is 9.84 Å². The maximum Gasteiger partial charge on any atom is 0.0753 e. The molecule has 0 heterocycles. The Kier molecular flexibility index (Phi) is 7.31. The van der Waals surface area contributed by atoms with Crippen molar-refractivity contribution in [2.24, 2.45) is 17.3 Å². The van der Waals surface area contributed by atoms with E-state index in [1.165, 1.54) is 11.1 Å².